The van der Waals surface area contributed by atoms with Gasteiger partial charge in [-0.2, -0.15) is 0 Å². The highest BCUT2D eigenvalue weighted by atomic mass is 16.7. The lowest BCUT2D eigenvalue weighted by atomic mass is 9.47. The SMILES string of the molecule is CC(=O)OC[C@H]1OC(O[C@H]2CC[C@@]3(C)C(=CCC4C3CC[C@@]3(C)C4CC[C@@H]3/C(C)=N/OCc3ccc(C(C)(C)C)cc3)C2)C=C[C@@H]1OC(C)=O. The summed E-state index contributed by atoms with van der Waals surface area (Å²) < 4.78 is 23.2. The van der Waals surface area contributed by atoms with Crippen LogP contribution in [-0.2, 0) is 45.4 Å². The van der Waals surface area contributed by atoms with Crippen LogP contribution in [0.4, 0.5) is 0 Å². The normalized spacial score (nSPS) is 36.8. The number of esters is 2. The fourth-order valence-electron chi connectivity index (χ4n) is 10.3. The van der Waals surface area contributed by atoms with E-state index in [1.165, 1.54) is 45.1 Å². The minimum absolute atomic E-state index is 0.0000181. The molecule has 0 bridgehead atoms. The van der Waals surface area contributed by atoms with Gasteiger partial charge in [0.05, 0.1) is 11.8 Å². The van der Waals surface area contributed by atoms with Gasteiger partial charge in [-0.1, -0.05) is 75.7 Å². The van der Waals surface area contributed by atoms with Gasteiger partial charge >= 0.3 is 11.9 Å². The molecule has 50 heavy (non-hydrogen) atoms. The summed E-state index contributed by atoms with van der Waals surface area (Å²) in [7, 11) is 0. The number of rotatable bonds is 9. The first-order valence-electron chi connectivity index (χ1n) is 18.9. The van der Waals surface area contributed by atoms with E-state index >= 15 is 0 Å². The molecular formula is C42H59NO7. The number of allylic oxidation sites excluding steroid dienone is 1. The van der Waals surface area contributed by atoms with Crippen molar-refractivity contribution in [3.63, 3.8) is 0 Å². The molecule has 0 saturated heterocycles. The zero-order valence-electron chi connectivity index (χ0n) is 31.5. The van der Waals surface area contributed by atoms with Gasteiger partial charge in [-0.15, -0.1) is 0 Å². The Kier molecular flexibility index (Phi) is 10.7. The van der Waals surface area contributed by atoms with Crippen LogP contribution >= 0.6 is 0 Å². The lowest BCUT2D eigenvalue weighted by molar-refractivity contribution is -0.213. The summed E-state index contributed by atoms with van der Waals surface area (Å²) in [5.74, 6) is 1.74. The van der Waals surface area contributed by atoms with E-state index in [9.17, 15) is 9.59 Å². The Bertz CT molecular complexity index is 1490. The molecule has 4 unspecified atom stereocenters. The molecule has 8 nitrogen and oxygen atoms in total. The number of nitrogens with zero attached hydrogens (tertiary/aromatic N) is 1. The van der Waals surface area contributed by atoms with Gasteiger partial charge in [0.15, 0.2) is 6.29 Å². The molecule has 0 amide bonds. The van der Waals surface area contributed by atoms with Crippen LogP contribution in [-0.4, -0.2) is 48.9 Å². The fraction of sp³-hybridized carbons (Fsp3) is 0.690. The van der Waals surface area contributed by atoms with Gasteiger partial charge in [-0.3, -0.25) is 9.59 Å². The molecule has 1 heterocycles. The van der Waals surface area contributed by atoms with E-state index in [0.29, 0.717) is 30.3 Å². The second-order valence-electron chi connectivity index (χ2n) is 17.2. The van der Waals surface area contributed by atoms with Crippen molar-refractivity contribution in [1.82, 2.24) is 0 Å². The summed E-state index contributed by atoms with van der Waals surface area (Å²) in [5.41, 5.74) is 5.78. The monoisotopic (exact) mass is 689 g/mol. The highest BCUT2D eigenvalue weighted by molar-refractivity contribution is 5.85. The number of benzene rings is 1. The van der Waals surface area contributed by atoms with Crippen molar-refractivity contribution in [3.8, 4) is 0 Å². The predicted octanol–water partition coefficient (Wildman–Crippen LogP) is 8.62. The van der Waals surface area contributed by atoms with Crippen molar-refractivity contribution < 1.29 is 33.4 Å². The first-order chi connectivity index (χ1) is 23.7. The maximum Gasteiger partial charge on any atom is 0.303 e. The molecule has 1 aliphatic heterocycles. The Morgan fingerprint density at radius 1 is 0.940 bits per heavy atom. The molecule has 0 aromatic heterocycles. The smallest absolute Gasteiger partial charge is 0.303 e. The maximum atomic E-state index is 11.6. The van der Waals surface area contributed by atoms with Crippen LogP contribution in [0.25, 0.3) is 0 Å². The number of hydrogen-bond donors (Lipinski definition) is 0. The van der Waals surface area contributed by atoms with Crippen LogP contribution < -0.4 is 0 Å². The molecule has 10 atom stereocenters. The maximum absolute atomic E-state index is 11.6. The van der Waals surface area contributed by atoms with Crippen LogP contribution in [0.15, 0.2) is 53.2 Å². The second-order valence-corrected chi connectivity index (χ2v) is 17.2. The summed E-state index contributed by atoms with van der Waals surface area (Å²) in [4.78, 5) is 29.1. The Morgan fingerprint density at radius 2 is 1.70 bits per heavy atom. The minimum Gasteiger partial charge on any atom is -0.463 e. The second kappa shape index (κ2) is 14.6. The van der Waals surface area contributed by atoms with Crippen molar-refractivity contribution >= 4 is 17.7 Å². The fourth-order valence-corrected chi connectivity index (χ4v) is 10.3. The third kappa shape index (κ3) is 7.62. The third-order valence-corrected chi connectivity index (χ3v) is 13.0. The molecule has 0 N–H and O–H groups in total. The van der Waals surface area contributed by atoms with Gasteiger partial charge in [-0.25, -0.2) is 0 Å². The molecule has 4 aliphatic carbocycles. The Morgan fingerprint density at radius 3 is 2.40 bits per heavy atom. The van der Waals surface area contributed by atoms with E-state index in [-0.39, 0.29) is 29.0 Å². The third-order valence-electron chi connectivity index (χ3n) is 13.0. The zero-order valence-corrected chi connectivity index (χ0v) is 31.5. The van der Waals surface area contributed by atoms with E-state index < -0.39 is 30.4 Å². The minimum atomic E-state index is -0.620. The summed E-state index contributed by atoms with van der Waals surface area (Å²) in [5, 5.41) is 4.72. The Labute approximate surface area is 299 Å². The van der Waals surface area contributed by atoms with E-state index in [1.807, 2.05) is 6.08 Å². The largest absolute Gasteiger partial charge is 0.463 e. The standard InChI is InChI=1S/C42H59NO7/c1-26(43-47-24-29-9-11-30(12-10-29)40(4,5)6)34-15-16-35-33-14-13-31-23-32(19-21-41(31,7)36(33)20-22-42(34,35)8)49-39-18-17-37(48-28(3)45)38(50-39)25-46-27(2)44/h9-13,17-18,32-39H,14-16,19-25H2,1-8H3/b43-26+/t32-,33?,34+,35?,36?,37-,38+,39?,41-,42+/m0/s1. The number of carbonyl (C=O) groups excluding carboxylic acids is 2. The number of fused-ring (bicyclic) bond motifs is 5. The predicted molar refractivity (Wildman–Crippen MR) is 193 cm³/mol. The van der Waals surface area contributed by atoms with Crippen LogP contribution in [0.3, 0.4) is 0 Å². The number of ether oxygens (including phenoxy) is 4. The molecular weight excluding hydrogens is 630 g/mol. The topological polar surface area (TPSA) is 92.7 Å². The first-order valence-corrected chi connectivity index (χ1v) is 18.9. The summed E-state index contributed by atoms with van der Waals surface area (Å²) >= 11 is 0. The quantitative estimate of drug-likeness (QED) is 0.111. The molecule has 1 aromatic carbocycles. The van der Waals surface area contributed by atoms with Crippen LogP contribution in [0.1, 0.15) is 118 Å². The number of hydrogen-bond acceptors (Lipinski definition) is 8. The average Bonchev–Trinajstić information content (AvgIpc) is 3.42. The molecule has 1 aromatic rings. The summed E-state index contributed by atoms with van der Waals surface area (Å²) in [6.45, 7) is 17.2. The summed E-state index contributed by atoms with van der Waals surface area (Å²) in [6.07, 6.45) is 13.5. The van der Waals surface area contributed by atoms with Gasteiger partial charge in [0.1, 0.15) is 25.4 Å². The zero-order chi connectivity index (χ0) is 35.8. The average molecular weight is 690 g/mol. The van der Waals surface area contributed by atoms with Gasteiger partial charge in [-0.05, 0) is 116 Å². The molecule has 274 valence electrons. The van der Waals surface area contributed by atoms with Crippen molar-refractivity contribution in [3.05, 3.63) is 59.2 Å². The highest BCUT2D eigenvalue weighted by Gasteiger charge is 2.59. The van der Waals surface area contributed by atoms with Crippen LogP contribution in [0, 0.1) is 34.5 Å². The van der Waals surface area contributed by atoms with E-state index in [0.717, 1.165) is 37.0 Å². The summed E-state index contributed by atoms with van der Waals surface area (Å²) in [6, 6.07) is 8.74. The van der Waals surface area contributed by atoms with Crippen LogP contribution in [0.5, 0.6) is 0 Å². The lowest BCUT2D eigenvalue weighted by Gasteiger charge is -2.58. The first kappa shape index (κ1) is 36.8. The van der Waals surface area contributed by atoms with Gasteiger partial charge < -0.3 is 23.8 Å². The van der Waals surface area contributed by atoms with Crippen molar-refractivity contribution in [2.45, 2.75) is 143 Å². The molecule has 3 fully saturated rings. The molecule has 0 radical (unpaired) electrons. The molecule has 0 spiro atoms. The van der Waals surface area contributed by atoms with E-state index in [1.54, 1.807) is 11.6 Å². The number of carbonyl (C=O) groups is 2. The highest BCUT2D eigenvalue weighted by Crippen LogP contribution is 2.66. The van der Waals surface area contributed by atoms with Crippen molar-refractivity contribution in [1.29, 1.82) is 0 Å². The van der Waals surface area contributed by atoms with Crippen molar-refractivity contribution in [2.75, 3.05) is 6.61 Å². The van der Waals surface area contributed by atoms with Crippen molar-refractivity contribution in [2.24, 2.45) is 39.7 Å². The molecule has 5 aliphatic rings. The van der Waals surface area contributed by atoms with Crippen LogP contribution in [0.2, 0.25) is 0 Å². The van der Waals surface area contributed by atoms with E-state index in [2.05, 4.69) is 71.9 Å². The van der Waals surface area contributed by atoms with E-state index in [4.69, 9.17) is 28.9 Å². The molecule has 8 heteroatoms. The number of oxime groups is 1. The van der Waals surface area contributed by atoms with Gasteiger partial charge in [0, 0.05) is 19.8 Å². The molecule has 3 saturated carbocycles. The van der Waals surface area contributed by atoms with Gasteiger partial charge in [0.2, 0.25) is 0 Å². The molecule has 6 rings (SSSR count). The van der Waals surface area contributed by atoms with Gasteiger partial charge in [0.25, 0.3) is 0 Å². The Balaban J connectivity index is 1.06. The lowest BCUT2D eigenvalue weighted by Crippen LogP contribution is -2.51. The Hall–Kier alpha value is -2.97.